The summed E-state index contributed by atoms with van der Waals surface area (Å²) in [4.78, 5) is 17.5. The highest BCUT2D eigenvalue weighted by Crippen LogP contribution is 2.33. The number of pyridine rings is 1. The van der Waals surface area contributed by atoms with E-state index in [0.29, 0.717) is 29.5 Å². The van der Waals surface area contributed by atoms with Gasteiger partial charge in [0.2, 0.25) is 6.79 Å². The number of ether oxygens (including phenoxy) is 3. The van der Waals surface area contributed by atoms with E-state index in [4.69, 9.17) is 26.4 Å². The minimum absolute atomic E-state index is 0.152. The average Bonchev–Trinajstić information content (AvgIpc) is 3.20. The Kier molecular flexibility index (Phi) is 5.26. The van der Waals surface area contributed by atoms with Gasteiger partial charge in [-0.05, 0) is 53.5 Å². The third-order valence-corrected chi connectivity index (χ3v) is 5.27. The van der Waals surface area contributed by atoms with Crippen molar-refractivity contribution >= 4 is 28.2 Å². The molecule has 3 aromatic rings. The summed E-state index contributed by atoms with van der Waals surface area (Å²) in [5.41, 5.74) is 2.21. The maximum atomic E-state index is 12.7. The standard InChI is InChI=1S/C21H21N3O4S/c1-22-21(29)24(10-13-3-6-18-19(7-13)28-12-27-18)11-15-8-14-4-5-16(26-2)9-17(14)23-20(15)25/h3-9H,10-12H2,1-2H3,(H,22,29)(H,23,25). The van der Waals surface area contributed by atoms with Crippen LogP contribution >= 0.6 is 12.2 Å². The molecule has 1 aliphatic heterocycles. The summed E-state index contributed by atoms with van der Waals surface area (Å²) >= 11 is 5.48. The van der Waals surface area contributed by atoms with Gasteiger partial charge in [-0.1, -0.05) is 6.07 Å². The fourth-order valence-electron chi connectivity index (χ4n) is 3.29. The highest BCUT2D eigenvalue weighted by molar-refractivity contribution is 7.80. The zero-order valence-electron chi connectivity index (χ0n) is 16.2. The summed E-state index contributed by atoms with van der Waals surface area (Å²) < 4.78 is 16.1. The number of benzene rings is 2. The van der Waals surface area contributed by atoms with Crippen LogP contribution in [0.15, 0.2) is 47.3 Å². The van der Waals surface area contributed by atoms with E-state index in [1.54, 1.807) is 14.2 Å². The van der Waals surface area contributed by atoms with Gasteiger partial charge in [0.05, 0.1) is 19.2 Å². The summed E-state index contributed by atoms with van der Waals surface area (Å²) in [5, 5.41) is 4.48. The molecule has 4 rings (SSSR count). The maximum Gasteiger partial charge on any atom is 0.253 e. The number of hydrogen-bond acceptors (Lipinski definition) is 5. The third kappa shape index (κ3) is 3.97. The molecule has 0 aliphatic carbocycles. The number of H-pyrrole nitrogens is 1. The van der Waals surface area contributed by atoms with Gasteiger partial charge in [0.15, 0.2) is 16.6 Å². The van der Waals surface area contributed by atoms with Gasteiger partial charge in [-0.25, -0.2) is 0 Å². The van der Waals surface area contributed by atoms with Crippen molar-refractivity contribution in [2.24, 2.45) is 0 Å². The summed E-state index contributed by atoms with van der Waals surface area (Å²) in [6, 6.07) is 13.3. The highest BCUT2D eigenvalue weighted by Gasteiger charge is 2.17. The SMILES string of the molecule is CNC(=S)N(Cc1ccc2c(c1)OCO2)Cc1cc2ccc(OC)cc2[nH]c1=O. The molecule has 2 aromatic carbocycles. The Balaban J connectivity index is 1.62. The van der Waals surface area contributed by atoms with Crippen molar-refractivity contribution in [3.8, 4) is 17.2 Å². The number of nitrogens with zero attached hydrogens (tertiary/aromatic N) is 1. The minimum Gasteiger partial charge on any atom is -0.497 e. The fraction of sp³-hybridized carbons (Fsp3) is 0.238. The van der Waals surface area contributed by atoms with Gasteiger partial charge in [-0.15, -0.1) is 0 Å². The van der Waals surface area contributed by atoms with Crippen molar-refractivity contribution in [2.75, 3.05) is 21.0 Å². The Hall–Kier alpha value is -3.26. The summed E-state index contributed by atoms with van der Waals surface area (Å²) in [6.45, 7) is 1.12. The topological polar surface area (TPSA) is 75.8 Å². The number of nitrogens with one attached hydrogen (secondary N) is 2. The first-order valence-corrected chi connectivity index (χ1v) is 9.53. The molecule has 8 heteroatoms. The van der Waals surface area contributed by atoms with Crippen LogP contribution in [0.1, 0.15) is 11.1 Å². The largest absolute Gasteiger partial charge is 0.497 e. The van der Waals surface area contributed by atoms with Gasteiger partial charge in [0.25, 0.3) is 5.56 Å². The smallest absolute Gasteiger partial charge is 0.253 e. The molecule has 0 unspecified atom stereocenters. The van der Waals surface area contributed by atoms with Crippen molar-refractivity contribution in [2.45, 2.75) is 13.1 Å². The Morgan fingerprint density at radius 1 is 1.17 bits per heavy atom. The molecule has 1 aliphatic rings. The molecule has 0 spiro atoms. The van der Waals surface area contributed by atoms with Gasteiger partial charge in [0.1, 0.15) is 5.75 Å². The summed E-state index contributed by atoms with van der Waals surface area (Å²) in [5.74, 6) is 2.15. The molecule has 0 amide bonds. The molecule has 0 bridgehead atoms. The van der Waals surface area contributed by atoms with Gasteiger partial charge in [0, 0.05) is 25.2 Å². The van der Waals surface area contributed by atoms with Gasteiger partial charge < -0.3 is 29.4 Å². The second kappa shape index (κ2) is 8.00. The third-order valence-electron chi connectivity index (χ3n) is 4.80. The monoisotopic (exact) mass is 411 g/mol. The lowest BCUT2D eigenvalue weighted by Crippen LogP contribution is -2.38. The Labute approximate surface area is 173 Å². The quantitative estimate of drug-likeness (QED) is 0.625. The second-order valence-electron chi connectivity index (χ2n) is 6.68. The van der Waals surface area contributed by atoms with E-state index in [-0.39, 0.29) is 12.4 Å². The fourth-order valence-corrected chi connectivity index (χ4v) is 3.42. The van der Waals surface area contributed by atoms with Crippen LogP contribution in [0.2, 0.25) is 0 Å². The van der Waals surface area contributed by atoms with E-state index >= 15 is 0 Å². The molecule has 2 heterocycles. The first-order valence-electron chi connectivity index (χ1n) is 9.12. The van der Waals surface area contributed by atoms with Crippen LogP contribution in [0.4, 0.5) is 0 Å². The number of methoxy groups -OCH3 is 1. The van der Waals surface area contributed by atoms with Gasteiger partial charge in [-0.3, -0.25) is 4.79 Å². The lowest BCUT2D eigenvalue weighted by atomic mass is 10.1. The lowest BCUT2D eigenvalue weighted by Gasteiger charge is -2.25. The van der Waals surface area contributed by atoms with E-state index in [1.165, 1.54) is 0 Å². The molecular formula is C21H21N3O4S. The van der Waals surface area contributed by atoms with Crippen LogP contribution in [0.3, 0.4) is 0 Å². The maximum absolute atomic E-state index is 12.7. The predicted octanol–water partition coefficient (Wildman–Crippen LogP) is 2.77. The van der Waals surface area contributed by atoms with Gasteiger partial charge in [-0.2, -0.15) is 0 Å². The van der Waals surface area contributed by atoms with E-state index < -0.39 is 0 Å². The molecule has 1 aromatic heterocycles. The number of rotatable bonds is 5. The van der Waals surface area contributed by atoms with Crippen molar-refractivity contribution < 1.29 is 14.2 Å². The zero-order chi connectivity index (χ0) is 20.4. The van der Waals surface area contributed by atoms with E-state index in [0.717, 1.165) is 28.0 Å². The number of aromatic nitrogens is 1. The molecule has 2 N–H and O–H groups in total. The molecule has 7 nitrogen and oxygen atoms in total. The van der Waals surface area contributed by atoms with Gasteiger partial charge >= 0.3 is 0 Å². The molecule has 0 saturated carbocycles. The molecule has 29 heavy (non-hydrogen) atoms. The van der Waals surface area contributed by atoms with Crippen LogP contribution in [0.25, 0.3) is 10.9 Å². The van der Waals surface area contributed by atoms with Crippen LogP contribution in [0.5, 0.6) is 17.2 Å². The van der Waals surface area contributed by atoms with E-state index in [1.807, 2.05) is 47.4 Å². The number of hydrogen-bond donors (Lipinski definition) is 2. The molecule has 0 radical (unpaired) electrons. The Bertz CT molecular complexity index is 1130. The summed E-state index contributed by atoms with van der Waals surface area (Å²) in [7, 11) is 3.37. The zero-order valence-corrected chi connectivity index (χ0v) is 17.0. The number of aromatic amines is 1. The molecule has 0 atom stereocenters. The van der Waals surface area contributed by atoms with Crippen molar-refractivity contribution in [1.82, 2.24) is 15.2 Å². The van der Waals surface area contributed by atoms with Crippen molar-refractivity contribution in [1.29, 1.82) is 0 Å². The Morgan fingerprint density at radius 2 is 2.00 bits per heavy atom. The summed E-state index contributed by atoms with van der Waals surface area (Å²) in [6.07, 6.45) is 0. The molecular weight excluding hydrogens is 390 g/mol. The molecule has 0 fully saturated rings. The normalized spacial score (nSPS) is 12.1. The van der Waals surface area contributed by atoms with E-state index in [2.05, 4.69) is 10.3 Å². The number of thiocarbonyl (C=S) groups is 1. The van der Waals surface area contributed by atoms with Crippen molar-refractivity contribution in [3.63, 3.8) is 0 Å². The Morgan fingerprint density at radius 3 is 2.79 bits per heavy atom. The van der Waals surface area contributed by atoms with Crippen LogP contribution in [0, 0.1) is 0 Å². The predicted molar refractivity (Wildman–Crippen MR) is 115 cm³/mol. The van der Waals surface area contributed by atoms with E-state index in [9.17, 15) is 4.79 Å². The second-order valence-corrected chi connectivity index (χ2v) is 7.06. The molecule has 0 saturated heterocycles. The molecule has 150 valence electrons. The first-order chi connectivity index (χ1) is 14.1. The number of fused-ring (bicyclic) bond motifs is 2. The van der Waals surface area contributed by atoms with Crippen LogP contribution < -0.4 is 25.1 Å². The lowest BCUT2D eigenvalue weighted by molar-refractivity contribution is 0.174. The van der Waals surface area contributed by atoms with Crippen molar-refractivity contribution in [3.05, 3.63) is 63.9 Å². The van der Waals surface area contributed by atoms with Crippen LogP contribution in [-0.4, -0.2) is 35.9 Å². The minimum atomic E-state index is -0.152. The first kappa shape index (κ1) is 19.1. The average molecular weight is 411 g/mol. The highest BCUT2D eigenvalue weighted by atomic mass is 32.1. The van der Waals surface area contributed by atoms with Crippen LogP contribution in [-0.2, 0) is 13.1 Å².